The normalized spacial score (nSPS) is 12.0. The van der Waals surface area contributed by atoms with Gasteiger partial charge in [-0.2, -0.15) is 13.2 Å². The van der Waals surface area contributed by atoms with Gasteiger partial charge >= 0.3 is 12.1 Å². The molecule has 0 aliphatic rings. The van der Waals surface area contributed by atoms with Gasteiger partial charge in [0.15, 0.2) is 0 Å². The van der Waals surface area contributed by atoms with Gasteiger partial charge in [-0.3, -0.25) is 4.79 Å². The minimum absolute atomic E-state index is 0.0276. The molecule has 0 atom stereocenters. The van der Waals surface area contributed by atoms with Crippen LogP contribution in [0.25, 0.3) is 11.0 Å². The minimum atomic E-state index is -4.57. The van der Waals surface area contributed by atoms with E-state index >= 15 is 0 Å². The van der Waals surface area contributed by atoms with Crippen LogP contribution in [0.5, 0.6) is 0 Å². The number of halogens is 3. The maximum absolute atomic E-state index is 13.1. The number of aromatic nitrogens is 2. The predicted molar refractivity (Wildman–Crippen MR) is 71.1 cm³/mol. The molecule has 0 aliphatic heterocycles. The van der Waals surface area contributed by atoms with Crippen LogP contribution >= 0.6 is 0 Å². The largest absolute Gasteiger partial charge is 0.481 e. The number of alkyl halides is 3. The molecule has 0 saturated carbocycles. The number of hydrogen-bond acceptors (Lipinski definition) is 2. The van der Waals surface area contributed by atoms with Gasteiger partial charge in [0, 0.05) is 13.0 Å². The number of carboxylic acid groups (broad SMARTS) is 1. The maximum Gasteiger partial charge on any atom is 0.449 e. The van der Waals surface area contributed by atoms with Crippen LogP contribution < -0.4 is 0 Å². The summed E-state index contributed by atoms with van der Waals surface area (Å²) in [5.41, 5.74) is 2.40. The Hall–Kier alpha value is -2.05. The molecule has 21 heavy (non-hydrogen) atoms. The molecule has 0 fully saturated rings. The van der Waals surface area contributed by atoms with Crippen molar-refractivity contribution in [1.29, 1.82) is 0 Å². The van der Waals surface area contributed by atoms with Gasteiger partial charge in [-0.1, -0.05) is 0 Å². The van der Waals surface area contributed by atoms with Gasteiger partial charge in [-0.05, 0) is 43.5 Å². The highest BCUT2D eigenvalue weighted by Crippen LogP contribution is 2.32. The van der Waals surface area contributed by atoms with Crippen LogP contribution in [0, 0.1) is 13.8 Å². The Kier molecular flexibility index (Phi) is 3.93. The fourth-order valence-electron chi connectivity index (χ4n) is 2.21. The molecule has 0 amide bonds. The van der Waals surface area contributed by atoms with Crippen molar-refractivity contribution in [2.45, 2.75) is 39.4 Å². The molecular formula is C14H15F3N2O2. The van der Waals surface area contributed by atoms with Crippen LogP contribution in [0.4, 0.5) is 13.2 Å². The standard InChI is InChI=1S/C14H15F3N2O2/c1-8-6-10-11(7-9(8)2)19(5-3-4-12(20)21)13(18-10)14(15,16)17/h6-7H,3-5H2,1-2H3,(H,20,21). The van der Waals surface area contributed by atoms with E-state index in [0.717, 1.165) is 15.7 Å². The van der Waals surface area contributed by atoms with Crippen molar-refractivity contribution in [2.75, 3.05) is 0 Å². The van der Waals surface area contributed by atoms with Crippen molar-refractivity contribution in [3.8, 4) is 0 Å². The SMILES string of the molecule is Cc1cc2nc(C(F)(F)F)n(CCCC(=O)O)c2cc1C. The van der Waals surface area contributed by atoms with E-state index in [1.165, 1.54) is 0 Å². The lowest BCUT2D eigenvalue weighted by Gasteiger charge is -2.11. The van der Waals surface area contributed by atoms with E-state index in [9.17, 15) is 18.0 Å². The van der Waals surface area contributed by atoms with Crippen molar-refractivity contribution in [2.24, 2.45) is 0 Å². The Labute approximate surface area is 119 Å². The second-order valence-electron chi connectivity index (χ2n) is 5.01. The van der Waals surface area contributed by atoms with Gasteiger partial charge < -0.3 is 9.67 Å². The van der Waals surface area contributed by atoms with E-state index in [-0.39, 0.29) is 24.9 Å². The Morgan fingerprint density at radius 2 is 1.90 bits per heavy atom. The molecule has 0 spiro atoms. The number of carbonyl (C=O) groups is 1. The zero-order chi connectivity index (χ0) is 15.8. The first kappa shape index (κ1) is 15.3. The average molecular weight is 300 g/mol. The lowest BCUT2D eigenvalue weighted by atomic mass is 10.1. The Bertz CT molecular complexity index is 690. The molecule has 114 valence electrons. The van der Waals surface area contributed by atoms with Crippen molar-refractivity contribution in [1.82, 2.24) is 9.55 Å². The zero-order valence-corrected chi connectivity index (χ0v) is 11.7. The molecule has 0 bridgehead atoms. The van der Waals surface area contributed by atoms with Crippen molar-refractivity contribution in [3.63, 3.8) is 0 Å². The summed E-state index contributed by atoms with van der Waals surface area (Å²) in [6.45, 7) is 3.60. The van der Waals surface area contributed by atoms with Gasteiger partial charge in [0.25, 0.3) is 0 Å². The zero-order valence-electron chi connectivity index (χ0n) is 11.7. The van der Waals surface area contributed by atoms with Gasteiger partial charge in [0.05, 0.1) is 11.0 Å². The molecule has 0 aliphatic carbocycles. The first-order valence-corrected chi connectivity index (χ1v) is 6.46. The molecule has 7 heteroatoms. The summed E-state index contributed by atoms with van der Waals surface area (Å²) in [4.78, 5) is 14.2. The number of carboxylic acids is 1. The number of hydrogen-bond donors (Lipinski definition) is 1. The number of benzene rings is 1. The van der Waals surface area contributed by atoms with Gasteiger partial charge in [0.2, 0.25) is 5.82 Å². The summed E-state index contributed by atoms with van der Waals surface area (Å²) in [6, 6.07) is 3.28. The van der Waals surface area contributed by atoms with E-state index < -0.39 is 18.0 Å². The number of rotatable bonds is 4. The summed E-state index contributed by atoms with van der Waals surface area (Å²) in [7, 11) is 0. The average Bonchev–Trinajstić information content (AvgIpc) is 2.68. The van der Waals surface area contributed by atoms with Gasteiger partial charge in [-0.15, -0.1) is 0 Å². The van der Waals surface area contributed by atoms with Gasteiger partial charge in [-0.25, -0.2) is 4.98 Å². The first-order valence-electron chi connectivity index (χ1n) is 6.46. The van der Waals surface area contributed by atoms with E-state index in [0.29, 0.717) is 5.52 Å². The molecule has 1 aromatic heterocycles. The molecule has 0 unspecified atom stereocenters. The molecule has 0 radical (unpaired) electrons. The van der Waals surface area contributed by atoms with E-state index in [2.05, 4.69) is 4.98 Å². The fourth-order valence-corrected chi connectivity index (χ4v) is 2.21. The summed E-state index contributed by atoms with van der Waals surface area (Å²) >= 11 is 0. The second-order valence-corrected chi connectivity index (χ2v) is 5.01. The molecule has 4 nitrogen and oxygen atoms in total. The number of aryl methyl sites for hydroxylation is 3. The van der Waals surface area contributed by atoms with Crippen LogP contribution in [-0.4, -0.2) is 20.6 Å². The summed E-state index contributed by atoms with van der Waals surface area (Å²) in [6.07, 6.45) is -4.62. The number of nitrogens with zero attached hydrogens (tertiary/aromatic N) is 2. The minimum Gasteiger partial charge on any atom is -0.481 e. The van der Waals surface area contributed by atoms with Gasteiger partial charge in [0.1, 0.15) is 0 Å². The molecule has 2 aromatic rings. The van der Waals surface area contributed by atoms with Crippen molar-refractivity contribution in [3.05, 3.63) is 29.1 Å². The van der Waals surface area contributed by atoms with Crippen LogP contribution in [-0.2, 0) is 17.5 Å². The predicted octanol–water partition coefficient (Wildman–Crippen LogP) is 3.54. The molecule has 0 saturated heterocycles. The van der Waals surface area contributed by atoms with Crippen molar-refractivity contribution < 1.29 is 23.1 Å². The van der Waals surface area contributed by atoms with E-state index in [1.54, 1.807) is 12.1 Å². The lowest BCUT2D eigenvalue weighted by molar-refractivity contribution is -0.146. The topological polar surface area (TPSA) is 55.1 Å². The lowest BCUT2D eigenvalue weighted by Crippen LogP contribution is -2.15. The first-order chi connectivity index (χ1) is 9.70. The molecular weight excluding hydrogens is 285 g/mol. The Morgan fingerprint density at radius 3 is 2.48 bits per heavy atom. The number of fused-ring (bicyclic) bond motifs is 1. The Balaban J connectivity index is 2.52. The third kappa shape index (κ3) is 3.17. The highest BCUT2D eigenvalue weighted by Gasteiger charge is 2.37. The maximum atomic E-state index is 13.1. The number of imidazole rings is 1. The van der Waals surface area contributed by atoms with Crippen LogP contribution in [0.15, 0.2) is 12.1 Å². The highest BCUT2D eigenvalue weighted by molar-refractivity contribution is 5.78. The number of aliphatic carboxylic acids is 1. The second kappa shape index (κ2) is 5.38. The summed E-state index contributed by atoms with van der Waals surface area (Å²) in [5, 5.41) is 8.62. The van der Waals surface area contributed by atoms with Crippen LogP contribution in [0.1, 0.15) is 29.8 Å². The third-order valence-corrected chi connectivity index (χ3v) is 3.39. The van der Waals surface area contributed by atoms with Crippen LogP contribution in [0.3, 0.4) is 0 Å². The monoisotopic (exact) mass is 300 g/mol. The van der Waals surface area contributed by atoms with Crippen molar-refractivity contribution >= 4 is 17.0 Å². The smallest absolute Gasteiger partial charge is 0.449 e. The quantitative estimate of drug-likeness (QED) is 0.939. The highest BCUT2D eigenvalue weighted by atomic mass is 19.4. The summed E-state index contributed by atoms with van der Waals surface area (Å²) < 4.78 is 40.3. The third-order valence-electron chi connectivity index (χ3n) is 3.39. The fraction of sp³-hybridized carbons (Fsp3) is 0.429. The molecule has 2 rings (SSSR count). The Morgan fingerprint density at radius 1 is 1.29 bits per heavy atom. The molecule has 1 aromatic carbocycles. The molecule has 1 N–H and O–H groups in total. The molecule has 1 heterocycles. The van der Waals surface area contributed by atoms with E-state index in [1.807, 2.05) is 13.8 Å². The van der Waals surface area contributed by atoms with E-state index in [4.69, 9.17) is 5.11 Å². The van der Waals surface area contributed by atoms with Crippen LogP contribution in [0.2, 0.25) is 0 Å². The summed E-state index contributed by atoms with van der Waals surface area (Å²) in [5.74, 6) is -2.01.